The molecule has 18 heavy (non-hydrogen) atoms. The fraction of sp³-hybridized carbons (Fsp3) is 0.429. The molecule has 0 heterocycles. The molecule has 1 atom stereocenters. The van der Waals surface area contributed by atoms with E-state index in [0.717, 1.165) is 0 Å². The summed E-state index contributed by atoms with van der Waals surface area (Å²) in [5.41, 5.74) is 1.36. The van der Waals surface area contributed by atoms with E-state index >= 15 is 0 Å². The first-order valence-electron chi connectivity index (χ1n) is 5.98. The van der Waals surface area contributed by atoms with E-state index in [1.54, 1.807) is 24.3 Å². The zero-order valence-electron chi connectivity index (χ0n) is 10.9. The number of hydrogen-bond donors (Lipinski definition) is 2. The molecule has 2 N–H and O–H groups in total. The Hall–Kier alpha value is -1.68. The Morgan fingerprint density at radius 1 is 1.22 bits per heavy atom. The third-order valence-electron chi connectivity index (χ3n) is 2.57. The zero-order valence-corrected chi connectivity index (χ0v) is 10.9. The molecule has 0 aliphatic carbocycles. The minimum Gasteiger partial charge on any atom is -0.388 e. The lowest BCUT2D eigenvalue weighted by molar-refractivity contribution is -0.119. The Labute approximate surface area is 107 Å². The quantitative estimate of drug-likeness (QED) is 0.841. The van der Waals surface area contributed by atoms with Gasteiger partial charge in [0.1, 0.15) is 5.78 Å². The van der Waals surface area contributed by atoms with Crippen LogP contribution in [0.15, 0.2) is 24.3 Å². The lowest BCUT2D eigenvalue weighted by Gasteiger charge is -2.11. The van der Waals surface area contributed by atoms with E-state index in [1.165, 1.54) is 6.92 Å². The van der Waals surface area contributed by atoms with Crippen LogP contribution in [0.3, 0.4) is 0 Å². The van der Waals surface area contributed by atoms with Gasteiger partial charge in [0.05, 0.1) is 6.10 Å². The highest BCUT2D eigenvalue weighted by Crippen LogP contribution is 2.19. The van der Waals surface area contributed by atoms with Gasteiger partial charge in [-0.25, -0.2) is 0 Å². The maximum Gasteiger partial charge on any atom is 0.226 e. The minimum absolute atomic E-state index is 0.0490. The second-order valence-corrected chi connectivity index (χ2v) is 4.69. The lowest BCUT2D eigenvalue weighted by atomic mass is 10.0. The molecule has 0 fully saturated rings. The second-order valence-electron chi connectivity index (χ2n) is 4.69. The number of ketones is 1. The fourth-order valence-electron chi connectivity index (χ4n) is 1.47. The number of benzene rings is 1. The van der Waals surface area contributed by atoms with E-state index in [0.29, 0.717) is 11.3 Å². The van der Waals surface area contributed by atoms with Gasteiger partial charge in [0.25, 0.3) is 0 Å². The van der Waals surface area contributed by atoms with Gasteiger partial charge in [0.2, 0.25) is 5.91 Å². The maximum absolute atomic E-state index is 11.5. The van der Waals surface area contributed by atoms with E-state index in [2.05, 4.69) is 5.32 Å². The van der Waals surface area contributed by atoms with Gasteiger partial charge in [-0.1, -0.05) is 26.0 Å². The number of hydrogen-bond acceptors (Lipinski definition) is 3. The van der Waals surface area contributed by atoms with Crippen molar-refractivity contribution in [2.45, 2.75) is 33.3 Å². The van der Waals surface area contributed by atoms with Gasteiger partial charge in [-0.2, -0.15) is 0 Å². The van der Waals surface area contributed by atoms with Gasteiger partial charge in [-0.3, -0.25) is 9.59 Å². The molecule has 1 rings (SSSR count). The molecular weight excluding hydrogens is 230 g/mol. The Morgan fingerprint density at radius 2 is 1.78 bits per heavy atom. The standard InChI is InChI=1S/C14H19NO3/c1-9(2)14(18)15-12-6-4-11(5-7-12)13(17)8-10(3)16/h4-7,9,13,17H,8H2,1-3H3,(H,15,18)/t13-/m1/s1. The zero-order chi connectivity index (χ0) is 13.7. The normalized spacial score (nSPS) is 12.3. The summed E-state index contributed by atoms with van der Waals surface area (Å²) in [5.74, 6) is -0.181. The Balaban J connectivity index is 2.68. The van der Waals surface area contributed by atoms with Crippen molar-refractivity contribution in [2.24, 2.45) is 5.92 Å². The number of anilines is 1. The molecule has 1 amide bonds. The molecule has 0 bridgehead atoms. The number of aliphatic hydroxyl groups excluding tert-OH is 1. The summed E-state index contributed by atoms with van der Waals surface area (Å²) in [6.45, 7) is 5.08. The summed E-state index contributed by atoms with van der Waals surface area (Å²) in [4.78, 5) is 22.4. The van der Waals surface area contributed by atoms with Gasteiger partial charge in [0.15, 0.2) is 0 Å². The lowest BCUT2D eigenvalue weighted by Crippen LogP contribution is -2.17. The van der Waals surface area contributed by atoms with Gasteiger partial charge >= 0.3 is 0 Å². The summed E-state index contributed by atoms with van der Waals surface area (Å²) < 4.78 is 0. The van der Waals surface area contributed by atoms with Crippen LogP contribution in [0.4, 0.5) is 5.69 Å². The van der Waals surface area contributed by atoms with Crippen LogP contribution in [0.5, 0.6) is 0 Å². The molecule has 1 aromatic rings. The molecule has 1 aromatic carbocycles. The molecule has 0 radical (unpaired) electrons. The van der Waals surface area contributed by atoms with Crippen molar-refractivity contribution >= 4 is 17.4 Å². The molecule has 0 spiro atoms. The van der Waals surface area contributed by atoms with Crippen molar-refractivity contribution in [1.82, 2.24) is 0 Å². The minimum atomic E-state index is -0.780. The molecule has 98 valence electrons. The topological polar surface area (TPSA) is 66.4 Å². The summed E-state index contributed by atoms with van der Waals surface area (Å²) in [6.07, 6.45) is -0.671. The highest BCUT2D eigenvalue weighted by atomic mass is 16.3. The average Bonchev–Trinajstić information content (AvgIpc) is 2.28. The van der Waals surface area contributed by atoms with Crippen LogP contribution in [0.25, 0.3) is 0 Å². The molecule has 0 aliphatic heterocycles. The fourth-order valence-corrected chi connectivity index (χ4v) is 1.47. The van der Waals surface area contributed by atoms with E-state index in [4.69, 9.17) is 0 Å². The summed E-state index contributed by atoms with van der Waals surface area (Å²) in [7, 11) is 0. The van der Waals surface area contributed by atoms with Crippen molar-refractivity contribution in [1.29, 1.82) is 0 Å². The molecule has 4 nitrogen and oxygen atoms in total. The Bertz CT molecular complexity index is 423. The van der Waals surface area contributed by atoms with Crippen LogP contribution in [0.1, 0.15) is 38.9 Å². The summed E-state index contributed by atoms with van der Waals surface area (Å²) >= 11 is 0. The SMILES string of the molecule is CC(=O)C[C@@H](O)c1ccc(NC(=O)C(C)C)cc1. The predicted molar refractivity (Wildman–Crippen MR) is 70.2 cm³/mol. The van der Waals surface area contributed by atoms with Crippen molar-refractivity contribution in [3.05, 3.63) is 29.8 Å². The third-order valence-corrected chi connectivity index (χ3v) is 2.57. The van der Waals surface area contributed by atoms with E-state index < -0.39 is 6.10 Å². The van der Waals surface area contributed by atoms with Gasteiger partial charge < -0.3 is 10.4 Å². The molecule has 0 aliphatic rings. The molecule has 0 saturated carbocycles. The molecular formula is C14H19NO3. The number of carbonyl (C=O) groups is 2. The monoisotopic (exact) mass is 249 g/mol. The number of nitrogens with one attached hydrogen (secondary N) is 1. The number of rotatable bonds is 5. The second kappa shape index (κ2) is 6.31. The molecule has 0 unspecified atom stereocenters. The summed E-state index contributed by atoms with van der Waals surface area (Å²) in [5, 5.41) is 12.5. The highest BCUT2D eigenvalue weighted by Gasteiger charge is 2.11. The van der Waals surface area contributed by atoms with Gasteiger partial charge in [0, 0.05) is 18.0 Å². The first kappa shape index (κ1) is 14.4. The number of aliphatic hydroxyl groups is 1. The Morgan fingerprint density at radius 3 is 2.22 bits per heavy atom. The van der Waals surface area contributed by atoms with Crippen molar-refractivity contribution in [3.63, 3.8) is 0 Å². The average molecular weight is 249 g/mol. The number of carbonyl (C=O) groups excluding carboxylic acids is 2. The molecule has 4 heteroatoms. The van der Waals surface area contributed by atoms with E-state index in [1.807, 2.05) is 13.8 Å². The van der Waals surface area contributed by atoms with Crippen molar-refractivity contribution < 1.29 is 14.7 Å². The Kier molecular flexibility index (Phi) is 5.04. The summed E-state index contributed by atoms with van der Waals surface area (Å²) in [6, 6.07) is 6.87. The number of amides is 1. The first-order chi connectivity index (χ1) is 8.40. The molecule has 0 saturated heterocycles. The van der Waals surface area contributed by atoms with Crippen LogP contribution in [0.2, 0.25) is 0 Å². The van der Waals surface area contributed by atoms with Gasteiger partial charge in [-0.15, -0.1) is 0 Å². The third kappa shape index (κ3) is 4.30. The van der Waals surface area contributed by atoms with Crippen molar-refractivity contribution in [3.8, 4) is 0 Å². The smallest absolute Gasteiger partial charge is 0.226 e. The van der Waals surface area contributed by atoms with Crippen LogP contribution in [-0.4, -0.2) is 16.8 Å². The van der Waals surface area contributed by atoms with Crippen LogP contribution in [-0.2, 0) is 9.59 Å². The van der Waals surface area contributed by atoms with Crippen molar-refractivity contribution in [2.75, 3.05) is 5.32 Å². The van der Waals surface area contributed by atoms with Gasteiger partial charge in [-0.05, 0) is 24.6 Å². The van der Waals surface area contributed by atoms with Crippen LogP contribution < -0.4 is 5.32 Å². The highest BCUT2D eigenvalue weighted by molar-refractivity contribution is 5.92. The van der Waals surface area contributed by atoms with Crippen LogP contribution in [0, 0.1) is 5.92 Å². The maximum atomic E-state index is 11.5. The molecule has 0 aromatic heterocycles. The van der Waals surface area contributed by atoms with E-state index in [9.17, 15) is 14.7 Å². The largest absolute Gasteiger partial charge is 0.388 e. The first-order valence-corrected chi connectivity index (χ1v) is 5.98. The van der Waals surface area contributed by atoms with E-state index in [-0.39, 0.29) is 24.0 Å². The number of Topliss-reactive ketones (excluding diaryl/α,β-unsaturated/α-hetero) is 1. The van der Waals surface area contributed by atoms with Crippen LogP contribution >= 0.6 is 0 Å². The predicted octanol–water partition coefficient (Wildman–Crippen LogP) is 2.29.